The monoisotopic (exact) mass is 481 g/mol. The van der Waals surface area contributed by atoms with Crippen molar-refractivity contribution in [1.82, 2.24) is 25.8 Å². The zero-order valence-corrected chi connectivity index (χ0v) is 20.9. The fourth-order valence-electron chi connectivity index (χ4n) is 5.39. The molecule has 0 spiro atoms. The Morgan fingerprint density at radius 3 is 2.64 bits per heavy atom. The van der Waals surface area contributed by atoms with Gasteiger partial charge < -0.3 is 26.0 Å². The number of carboxylic acid groups (broad SMARTS) is 1. The average molecular weight is 482 g/mol. The van der Waals surface area contributed by atoms with E-state index in [-0.39, 0.29) is 40.6 Å². The van der Waals surface area contributed by atoms with Crippen LogP contribution in [0.1, 0.15) is 34.1 Å². The van der Waals surface area contributed by atoms with Crippen LogP contribution in [-0.4, -0.2) is 95.2 Å². The predicted molar refractivity (Wildman–Crippen MR) is 125 cm³/mol. The van der Waals surface area contributed by atoms with Crippen molar-refractivity contribution in [1.29, 1.82) is 0 Å². The van der Waals surface area contributed by atoms with Crippen LogP contribution >= 0.6 is 11.8 Å². The van der Waals surface area contributed by atoms with E-state index in [1.165, 1.54) is 23.6 Å². The van der Waals surface area contributed by atoms with E-state index in [4.69, 9.17) is 0 Å². The Hall–Kier alpha value is -2.11. The number of carboxylic acids is 1. The Bertz CT molecular complexity index is 879. The van der Waals surface area contributed by atoms with Crippen molar-refractivity contribution in [3.05, 3.63) is 10.6 Å². The first-order chi connectivity index (χ1) is 15.4. The molecular weight excluding hydrogens is 446 g/mol. The van der Waals surface area contributed by atoms with Gasteiger partial charge >= 0.3 is 5.97 Å². The zero-order valence-electron chi connectivity index (χ0n) is 20.1. The molecule has 2 saturated heterocycles. The van der Waals surface area contributed by atoms with E-state index in [0.717, 1.165) is 0 Å². The minimum atomic E-state index is -1.13. The Kier molecular flexibility index (Phi) is 7.45. The van der Waals surface area contributed by atoms with Gasteiger partial charge in [-0.15, -0.1) is 11.8 Å². The topological polar surface area (TPSA) is 131 Å². The number of aliphatic carboxylic acids is 1. The van der Waals surface area contributed by atoms with Crippen LogP contribution in [0.25, 0.3) is 0 Å². The molecule has 3 heterocycles. The minimum absolute atomic E-state index is 0.0204. The number of nitrogens with one attached hydrogen (secondary N) is 3. The molecule has 11 heteroatoms. The van der Waals surface area contributed by atoms with Crippen LogP contribution in [0.15, 0.2) is 10.6 Å². The van der Waals surface area contributed by atoms with Gasteiger partial charge in [0, 0.05) is 55.7 Å². The van der Waals surface area contributed by atoms with E-state index in [9.17, 15) is 24.3 Å². The molecule has 184 valence electrons. The number of thioether (sulfide) groups is 1. The van der Waals surface area contributed by atoms with Gasteiger partial charge in [-0.3, -0.25) is 19.3 Å². The van der Waals surface area contributed by atoms with Crippen LogP contribution < -0.4 is 16.0 Å². The smallest absolute Gasteiger partial charge is 0.353 e. The number of carbonyl (C=O) groups excluding carboxylic acids is 3. The third-order valence-corrected chi connectivity index (χ3v) is 8.71. The van der Waals surface area contributed by atoms with Crippen molar-refractivity contribution in [2.24, 2.45) is 11.8 Å². The highest BCUT2D eigenvalue weighted by Crippen LogP contribution is 2.58. The van der Waals surface area contributed by atoms with Crippen molar-refractivity contribution in [2.45, 2.75) is 57.0 Å². The maximum absolute atomic E-state index is 13.0. The molecule has 0 aromatic heterocycles. The first-order valence-electron chi connectivity index (χ1n) is 11.3. The minimum Gasteiger partial charge on any atom is -0.477 e. The van der Waals surface area contributed by atoms with Gasteiger partial charge in [0.05, 0.1) is 17.5 Å². The van der Waals surface area contributed by atoms with Crippen molar-refractivity contribution in [2.75, 3.05) is 33.7 Å². The van der Waals surface area contributed by atoms with Gasteiger partial charge in [0.1, 0.15) is 5.70 Å². The second-order valence-electron chi connectivity index (χ2n) is 9.41. The summed E-state index contributed by atoms with van der Waals surface area (Å²) >= 11 is 1.46. The first-order valence-corrected chi connectivity index (χ1v) is 12.2. The molecule has 0 unspecified atom stereocenters. The zero-order chi connectivity index (χ0) is 24.7. The maximum atomic E-state index is 13.0. The summed E-state index contributed by atoms with van der Waals surface area (Å²) in [6.45, 7) is 8.93. The summed E-state index contributed by atoms with van der Waals surface area (Å²) in [5, 5.41) is 19.1. The molecule has 0 aromatic carbocycles. The SMILES string of the molecule is CNCCN(C)C(=O)[C@@H]1C[C@H](SC2=C(C(=O)O)N3C(=O)[C@H]([C@@H](C)NC(C)=O)[C@@]3(C)[C@H]2C)CN1. The normalized spacial score (nSPS) is 31.8. The molecule has 10 nitrogen and oxygen atoms in total. The summed E-state index contributed by atoms with van der Waals surface area (Å²) < 4.78 is 0. The van der Waals surface area contributed by atoms with Crippen LogP contribution in [0.4, 0.5) is 0 Å². The second-order valence-corrected chi connectivity index (χ2v) is 10.7. The van der Waals surface area contributed by atoms with E-state index in [1.807, 2.05) is 20.9 Å². The Labute approximate surface area is 198 Å². The van der Waals surface area contributed by atoms with Crippen LogP contribution in [-0.2, 0) is 19.2 Å². The number of amides is 3. The van der Waals surface area contributed by atoms with Gasteiger partial charge in [0.25, 0.3) is 0 Å². The standard InChI is InChI=1S/C22H35N5O5S/c1-11-18(33-14-9-15(24-10-14)19(29)26(6)8-7-23-5)17(21(31)32)27-20(30)16(22(11,27)4)12(2)25-13(3)28/h11-12,14-16,23-24H,7-10H2,1-6H3,(H,25,28)(H,31,32)/t11-,12+,14-,15-,16-,22+/m0/s1. The Morgan fingerprint density at radius 2 is 2.06 bits per heavy atom. The number of fused-ring (bicyclic) bond motifs is 1. The summed E-state index contributed by atoms with van der Waals surface area (Å²) in [5.41, 5.74) is -0.684. The van der Waals surface area contributed by atoms with Crippen LogP contribution in [0.2, 0.25) is 0 Å². The van der Waals surface area contributed by atoms with Crippen LogP contribution in [0.3, 0.4) is 0 Å². The third-order valence-electron chi connectivity index (χ3n) is 7.21. The lowest BCUT2D eigenvalue weighted by Gasteiger charge is -2.56. The number of likely N-dealkylation sites (N-methyl/N-ethyl adjacent to an activating group) is 2. The van der Waals surface area contributed by atoms with Crippen molar-refractivity contribution < 1.29 is 24.3 Å². The van der Waals surface area contributed by atoms with E-state index in [0.29, 0.717) is 31.0 Å². The molecule has 0 aromatic rings. The second kappa shape index (κ2) is 9.63. The average Bonchev–Trinajstić information content (AvgIpc) is 3.26. The van der Waals surface area contributed by atoms with Crippen molar-refractivity contribution in [3.8, 4) is 0 Å². The van der Waals surface area contributed by atoms with Crippen LogP contribution in [0, 0.1) is 11.8 Å². The number of β-lactam (4-membered cyclic amide) rings is 1. The summed E-state index contributed by atoms with van der Waals surface area (Å²) in [7, 11) is 3.62. The fraction of sp³-hybridized carbons (Fsp3) is 0.727. The summed E-state index contributed by atoms with van der Waals surface area (Å²) in [5.74, 6) is -2.31. The molecule has 6 atom stereocenters. The largest absolute Gasteiger partial charge is 0.477 e. The summed E-state index contributed by atoms with van der Waals surface area (Å²) in [6.07, 6.45) is 0.590. The van der Waals surface area contributed by atoms with Gasteiger partial charge in [-0.2, -0.15) is 0 Å². The van der Waals surface area contributed by atoms with Gasteiger partial charge in [-0.1, -0.05) is 6.92 Å². The molecule has 3 aliphatic rings. The van der Waals surface area contributed by atoms with Crippen molar-refractivity contribution in [3.63, 3.8) is 0 Å². The highest BCUT2D eigenvalue weighted by Gasteiger charge is 2.68. The van der Waals surface area contributed by atoms with Gasteiger partial charge in [0.2, 0.25) is 17.7 Å². The molecule has 0 saturated carbocycles. The highest BCUT2D eigenvalue weighted by atomic mass is 32.2. The van der Waals surface area contributed by atoms with Gasteiger partial charge in [0.15, 0.2) is 0 Å². The molecule has 0 radical (unpaired) electrons. The Morgan fingerprint density at radius 1 is 1.39 bits per heavy atom. The van der Waals surface area contributed by atoms with E-state index >= 15 is 0 Å². The lowest BCUT2D eigenvalue weighted by molar-refractivity contribution is -0.170. The number of rotatable bonds is 9. The number of carbonyl (C=O) groups is 4. The maximum Gasteiger partial charge on any atom is 0.353 e. The van der Waals surface area contributed by atoms with Gasteiger partial charge in [-0.25, -0.2) is 4.79 Å². The van der Waals surface area contributed by atoms with Crippen LogP contribution in [0.5, 0.6) is 0 Å². The molecular formula is C22H35N5O5S. The quantitative estimate of drug-likeness (QED) is 0.334. The Balaban J connectivity index is 1.76. The van der Waals surface area contributed by atoms with E-state index < -0.39 is 23.5 Å². The molecule has 33 heavy (non-hydrogen) atoms. The molecule has 4 N–H and O–H groups in total. The molecule has 2 fully saturated rings. The predicted octanol–water partition coefficient (Wildman–Crippen LogP) is -0.184. The number of hydrogen-bond acceptors (Lipinski definition) is 7. The molecule has 3 amide bonds. The fourth-order valence-corrected chi connectivity index (χ4v) is 6.95. The molecule has 0 aliphatic carbocycles. The molecule has 3 rings (SSSR count). The molecule has 0 bridgehead atoms. The van der Waals surface area contributed by atoms with E-state index in [1.54, 1.807) is 18.9 Å². The van der Waals surface area contributed by atoms with E-state index in [2.05, 4.69) is 16.0 Å². The third kappa shape index (κ3) is 4.38. The van der Waals surface area contributed by atoms with Crippen molar-refractivity contribution >= 4 is 35.5 Å². The molecule has 3 aliphatic heterocycles. The highest BCUT2D eigenvalue weighted by molar-refractivity contribution is 8.03. The number of hydrogen-bond donors (Lipinski definition) is 4. The lowest BCUT2D eigenvalue weighted by atomic mass is 9.66. The number of nitrogens with zero attached hydrogens (tertiary/aromatic N) is 2. The van der Waals surface area contributed by atoms with Gasteiger partial charge in [-0.05, 0) is 27.3 Å². The summed E-state index contributed by atoms with van der Waals surface area (Å²) in [6, 6.07) is -0.710. The summed E-state index contributed by atoms with van der Waals surface area (Å²) in [4.78, 5) is 53.3. The first kappa shape index (κ1) is 25.5. The lowest BCUT2D eigenvalue weighted by Crippen LogP contribution is -2.73.